The Morgan fingerprint density at radius 2 is 1.82 bits per heavy atom. The summed E-state index contributed by atoms with van der Waals surface area (Å²) < 4.78 is 5.21. The Hall–Kier alpha value is -0.870. The van der Waals surface area contributed by atoms with Crippen LogP contribution in [0.5, 0.6) is 0 Å². The van der Waals surface area contributed by atoms with Crippen molar-refractivity contribution in [2.45, 2.75) is 40.3 Å². The van der Waals surface area contributed by atoms with E-state index in [2.05, 4.69) is 28.8 Å². The van der Waals surface area contributed by atoms with E-state index >= 15 is 0 Å². The molecule has 17 heavy (non-hydrogen) atoms. The molecule has 1 aliphatic heterocycles. The summed E-state index contributed by atoms with van der Waals surface area (Å²) in [5.74, 6) is 0.966. The summed E-state index contributed by atoms with van der Waals surface area (Å²) in [5.41, 5.74) is 2.30. The molecule has 2 heterocycles. The molecule has 4 nitrogen and oxygen atoms in total. The van der Waals surface area contributed by atoms with Crippen molar-refractivity contribution < 1.29 is 4.52 Å². The SMILES string of the molecule is Cc1noc(C)c1CN1CCN(C(C)C)CC1. The van der Waals surface area contributed by atoms with Crippen LogP contribution in [0.25, 0.3) is 0 Å². The number of aryl methyl sites for hydroxylation is 2. The molecule has 0 amide bonds. The second-order valence-electron chi connectivity index (χ2n) is 5.21. The fourth-order valence-electron chi connectivity index (χ4n) is 2.39. The average molecular weight is 237 g/mol. The topological polar surface area (TPSA) is 32.5 Å². The lowest BCUT2D eigenvalue weighted by atomic mass is 10.1. The molecule has 0 N–H and O–H groups in total. The Morgan fingerprint density at radius 1 is 1.18 bits per heavy atom. The van der Waals surface area contributed by atoms with Gasteiger partial charge in [-0.05, 0) is 27.7 Å². The minimum atomic E-state index is 0.663. The predicted octanol–water partition coefficient (Wildman–Crippen LogP) is 1.82. The van der Waals surface area contributed by atoms with Gasteiger partial charge < -0.3 is 4.52 Å². The number of aromatic nitrogens is 1. The first-order valence-corrected chi connectivity index (χ1v) is 6.46. The number of piperazine rings is 1. The van der Waals surface area contributed by atoms with Gasteiger partial charge in [0.25, 0.3) is 0 Å². The third-order valence-corrected chi connectivity index (χ3v) is 3.70. The van der Waals surface area contributed by atoms with E-state index in [0.29, 0.717) is 6.04 Å². The van der Waals surface area contributed by atoms with Crippen molar-refractivity contribution in [3.05, 3.63) is 17.0 Å². The van der Waals surface area contributed by atoms with Gasteiger partial charge >= 0.3 is 0 Å². The van der Waals surface area contributed by atoms with Crippen LogP contribution in [0.4, 0.5) is 0 Å². The molecular formula is C13H23N3O. The molecule has 0 saturated carbocycles. The van der Waals surface area contributed by atoms with Gasteiger partial charge in [0.15, 0.2) is 0 Å². The molecule has 1 aromatic rings. The molecule has 0 radical (unpaired) electrons. The fraction of sp³-hybridized carbons (Fsp3) is 0.769. The van der Waals surface area contributed by atoms with E-state index in [4.69, 9.17) is 4.52 Å². The van der Waals surface area contributed by atoms with Crippen molar-refractivity contribution in [3.63, 3.8) is 0 Å². The summed E-state index contributed by atoms with van der Waals surface area (Å²) in [4.78, 5) is 5.02. The lowest BCUT2D eigenvalue weighted by Crippen LogP contribution is -2.48. The van der Waals surface area contributed by atoms with Crippen LogP contribution in [0.15, 0.2) is 4.52 Å². The molecule has 0 unspecified atom stereocenters. The third-order valence-electron chi connectivity index (χ3n) is 3.70. The zero-order chi connectivity index (χ0) is 12.4. The van der Waals surface area contributed by atoms with Gasteiger partial charge in [-0.1, -0.05) is 5.16 Å². The monoisotopic (exact) mass is 237 g/mol. The highest BCUT2D eigenvalue weighted by molar-refractivity contribution is 5.20. The molecule has 0 spiro atoms. The fourth-order valence-corrected chi connectivity index (χ4v) is 2.39. The van der Waals surface area contributed by atoms with Crippen molar-refractivity contribution in [1.29, 1.82) is 0 Å². The molecule has 4 heteroatoms. The summed E-state index contributed by atoms with van der Waals surface area (Å²) in [7, 11) is 0. The van der Waals surface area contributed by atoms with Gasteiger partial charge in [0, 0.05) is 44.3 Å². The molecule has 1 aliphatic rings. The summed E-state index contributed by atoms with van der Waals surface area (Å²) in [6.45, 7) is 14.2. The lowest BCUT2D eigenvalue weighted by Gasteiger charge is -2.36. The first kappa shape index (κ1) is 12.6. The molecule has 0 aromatic carbocycles. The minimum Gasteiger partial charge on any atom is -0.361 e. The van der Waals surface area contributed by atoms with Gasteiger partial charge in [-0.25, -0.2) is 0 Å². The van der Waals surface area contributed by atoms with E-state index in [1.807, 2.05) is 13.8 Å². The maximum atomic E-state index is 5.21. The van der Waals surface area contributed by atoms with Crippen molar-refractivity contribution in [3.8, 4) is 0 Å². The minimum absolute atomic E-state index is 0.663. The molecule has 1 saturated heterocycles. The van der Waals surface area contributed by atoms with Crippen molar-refractivity contribution in [1.82, 2.24) is 15.0 Å². The highest BCUT2D eigenvalue weighted by Gasteiger charge is 2.20. The van der Waals surface area contributed by atoms with E-state index in [0.717, 1.165) is 31.1 Å². The summed E-state index contributed by atoms with van der Waals surface area (Å²) in [6.07, 6.45) is 0. The Balaban J connectivity index is 1.90. The van der Waals surface area contributed by atoms with Crippen LogP contribution in [-0.4, -0.2) is 47.2 Å². The summed E-state index contributed by atoms with van der Waals surface area (Å²) in [5, 5.41) is 4.01. The van der Waals surface area contributed by atoms with Crippen molar-refractivity contribution in [2.75, 3.05) is 26.2 Å². The van der Waals surface area contributed by atoms with Crippen LogP contribution >= 0.6 is 0 Å². The molecular weight excluding hydrogens is 214 g/mol. The summed E-state index contributed by atoms with van der Waals surface area (Å²) >= 11 is 0. The van der Waals surface area contributed by atoms with Gasteiger partial charge in [-0.15, -0.1) is 0 Å². The molecule has 1 aromatic heterocycles. The second-order valence-corrected chi connectivity index (χ2v) is 5.21. The van der Waals surface area contributed by atoms with E-state index in [1.165, 1.54) is 18.7 Å². The second kappa shape index (κ2) is 5.19. The summed E-state index contributed by atoms with van der Waals surface area (Å²) in [6, 6.07) is 0.663. The zero-order valence-corrected chi connectivity index (χ0v) is 11.4. The Labute approximate surface area is 104 Å². The Bertz CT molecular complexity index is 345. The van der Waals surface area contributed by atoms with Gasteiger partial charge in [-0.2, -0.15) is 0 Å². The average Bonchev–Trinajstić information content (AvgIpc) is 2.61. The largest absolute Gasteiger partial charge is 0.361 e. The van der Waals surface area contributed by atoms with Gasteiger partial charge in [-0.3, -0.25) is 9.80 Å². The van der Waals surface area contributed by atoms with Crippen LogP contribution in [0, 0.1) is 13.8 Å². The quantitative estimate of drug-likeness (QED) is 0.802. The van der Waals surface area contributed by atoms with Crippen LogP contribution in [0.1, 0.15) is 30.9 Å². The molecule has 2 rings (SSSR count). The first-order valence-electron chi connectivity index (χ1n) is 6.46. The standard InChI is InChI=1S/C13H23N3O/c1-10(2)16-7-5-15(6-8-16)9-13-11(3)14-17-12(13)4/h10H,5-9H2,1-4H3. The van der Waals surface area contributed by atoms with Crippen LogP contribution in [0.2, 0.25) is 0 Å². The van der Waals surface area contributed by atoms with Gasteiger partial charge in [0.05, 0.1) is 5.69 Å². The lowest BCUT2D eigenvalue weighted by molar-refractivity contribution is 0.103. The molecule has 1 fully saturated rings. The highest BCUT2D eigenvalue weighted by Crippen LogP contribution is 2.16. The Kier molecular flexibility index (Phi) is 3.84. The van der Waals surface area contributed by atoms with Gasteiger partial charge in [0.2, 0.25) is 0 Å². The third kappa shape index (κ3) is 2.87. The van der Waals surface area contributed by atoms with Crippen LogP contribution < -0.4 is 0 Å². The molecule has 0 bridgehead atoms. The van der Waals surface area contributed by atoms with Gasteiger partial charge in [0.1, 0.15) is 5.76 Å². The molecule has 0 aliphatic carbocycles. The highest BCUT2D eigenvalue weighted by atomic mass is 16.5. The maximum Gasteiger partial charge on any atom is 0.138 e. The van der Waals surface area contributed by atoms with Crippen LogP contribution in [0.3, 0.4) is 0 Å². The number of hydrogen-bond acceptors (Lipinski definition) is 4. The normalized spacial score (nSPS) is 19.1. The smallest absolute Gasteiger partial charge is 0.138 e. The first-order chi connectivity index (χ1) is 8.08. The van der Waals surface area contributed by atoms with Crippen molar-refractivity contribution >= 4 is 0 Å². The molecule has 0 atom stereocenters. The number of nitrogens with zero attached hydrogens (tertiary/aromatic N) is 3. The maximum absolute atomic E-state index is 5.21. The Morgan fingerprint density at radius 3 is 2.29 bits per heavy atom. The predicted molar refractivity (Wildman–Crippen MR) is 68.0 cm³/mol. The number of rotatable bonds is 3. The molecule has 96 valence electrons. The van der Waals surface area contributed by atoms with E-state index in [1.54, 1.807) is 0 Å². The van der Waals surface area contributed by atoms with E-state index in [9.17, 15) is 0 Å². The zero-order valence-electron chi connectivity index (χ0n) is 11.4. The van der Waals surface area contributed by atoms with E-state index < -0.39 is 0 Å². The van der Waals surface area contributed by atoms with E-state index in [-0.39, 0.29) is 0 Å². The van der Waals surface area contributed by atoms with Crippen molar-refractivity contribution in [2.24, 2.45) is 0 Å². The number of hydrogen-bond donors (Lipinski definition) is 0. The van der Waals surface area contributed by atoms with Crippen LogP contribution in [-0.2, 0) is 6.54 Å².